The molecule has 0 saturated carbocycles. The monoisotopic (exact) mass is 248 g/mol. The number of anilines is 1. The predicted molar refractivity (Wildman–Crippen MR) is 72.6 cm³/mol. The molecular formula is C14H20N2O2. The van der Waals surface area contributed by atoms with Gasteiger partial charge in [-0.25, -0.2) is 0 Å². The lowest BCUT2D eigenvalue weighted by Crippen LogP contribution is -2.34. The van der Waals surface area contributed by atoms with E-state index in [1.54, 1.807) is 24.3 Å². The van der Waals surface area contributed by atoms with Gasteiger partial charge in [-0.05, 0) is 25.0 Å². The van der Waals surface area contributed by atoms with Crippen LogP contribution in [0.5, 0.6) is 0 Å². The van der Waals surface area contributed by atoms with Crippen molar-refractivity contribution in [3.63, 3.8) is 0 Å². The Morgan fingerprint density at radius 3 is 2.33 bits per heavy atom. The summed E-state index contributed by atoms with van der Waals surface area (Å²) in [6.07, 6.45) is 1.79. The highest BCUT2D eigenvalue weighted by molar-refractivity contribution is 6.03. The summed E-state index contributed by atoms with van der Waals surface area (Å²) in [5, 5.41) is 5.62. The smallest absolute Gasteiger partial charge is 0.253 e. The van der Waals surface area contributed by atoms with E-state index in [1.165, 1.54) is 6.92 Å². The summed E-state index contributed by atoms with van der Waals surface area (Å²) in [6.45, 7) is 5.50. The number of carbonyl (C=O) groups excluding carboxylic acids is 2. The number of benzene rings is 1. The Morgan fingerprint density at radius 2 is 1.78 bits per heavy atom. The van der Waals surface area contributed by atoms with Gasteiger partial charge in [-0.1, -0.05) is 26.0 Å². The zero-order valence-electron chi connectivity index (χ0n) is 11.1. The first kappa shape index (κ1) is 14.2. The van der Waals surface area contributed by atoms with Gasteiger partial charge in [-0.2, -0.15) is 0 Å². The van der Waals surface area contributed by atoms with Crippen LogP contribution < -0.4 is 10.6 Å². The molecule has 0 aliphatic heterocycles. The Kier molecular flexibility index (Phi) is 5.36. The van der Waals surface area contributed by atoms with Gasteiger partial charge in [0.05, 0.1) is 11.3 Å². The lowest BCUT2D eigenvalue weighted by atomic mass is 10.1. The molecule has 98 valence electrons. The summed E-state index contributed by atoms with van der Waals surface area (Å²) >= 11 is 0. The Labute approximate surface area is 108 Å². The molecule has 4 nitrogen and oxygen atoms in total. The topological polar surface area (TPSA) is 58.2 Å². The van der Waals surface area contributed by atoms with Gasteiger partial charge in [0.25, 0.3) is 5.91 Å². The molecule has 1 aromatic rings. The minimum absolute atomic E-state index is 0.145. The van der Waals surface area contributed by atoms with Crippen LogP contribution in [-0.4, -0.2) is 17.9 Å². The summed E-state index contributed by atoms with van der Waals surface area (Å²) in [6, 6.07) is 7.18. The fourth-order valence-electron chi connectivity index (χ4n) is 1.74. The summed E-state index contributed by atoms with van der Waals surface area (Å²) in [7, 11) is 0. The molecule has 0 atom stereocenters. The number of hydrogen-bond acceptors (Lipinski definition) is 2. The van der Waals surface area contributed by atoms with Crippen LogP contribution in [0.15, 0.2) is 24.3 Å². The van der Waals surface area contributed by atoms with E-state index in [-0.39, 0.29) is 17.9 Å². The van der Waals surface area contributed by atoms with Crippen LogP contribution in [0.25, 0.3) is 0 Å². The lowest BCUT2D eigenvalue weighted by Gasteiger charge is -2.16. The van der Waals surface area contributed by atoms with Gasteiger partial charge in [-0.3, -0.25) is 9.59 Å². The van der Waals surface area contributed by atoms with Crippen molar-refractivity contribution in [2.24, 2.45) is 0 Å². The molecule has 0 unspecified atom stereocenters. The second-order valence-electron chi connectivity index (χ2n) is 4.21. The molecule has 18 heavy (non-hydrogen) atoms. The van der Waals surface area contributed by atoms with Crippen molar-refractivity contribution in [1.82, 2.24) is 5.32 Å². The summed E-state index contributed by atoms with van der Waals surface area (Å²) in [5.41, 5.74) is 1.05. The Hall–Kier alpha value is -1.84. The maximum Gasteiger partial charge on any atom is 0.253 e. The van der Waals surface area contributed by atoms with Crippen LogP contribution in [-0.2, 0) is 4.79 Å². The maximum atomic E-state index is 12.1. The van der Waals surface area contributed by atoms with E-state index in [0.717, 1.165) is 12.8 Å². The molecule has 0 fully saturated rings. The highest BCUT2D eigenvalue weighted by Gasteiger charge is 2.14. The van der Waals surface area contributed by atoms with Crippen molar-refractivity contribution in [2.45, 2.75) is 39.7 Å². The SMILES string of the molecule is CCC(CC)NC(=O)c1ccccc1NC(C)=O. The van der Waals surface area contributed by atoms with Crippen molar-refractivity contribution in [2.75, 3.05) is 5.32 Å². The van der Waals surface area contributed by atoms with Crippen molar-refractivity contribution in [1.29, 1.82) is 0 Å². The van der Waals surface area contributed by atoms with Gasteiger partial charge in [0.1, 0.15) is 0 Å². The maximum absolute atomic E-state index is 12.1. The third-order valence-electron chi connectivity index (χ3n) is 2.80. The van der Waals surface area contributed by atoms with Crippen molar-refractivity contribution >= 4 is 17.5 Å². The van der Waals surface area contributed by atoms with E-state index >= 15 is 0 Å². The van der Waals surface area contributed by atoms with E-state index in [1.807, 2.05) is 13.8 Å². The molecule has 0 aliphatic carbocycles. The number of rotatable bonds is 5. The first-order valence-corrected chi connectivity index (χ1v) is 6.25. The zero-order valence-corrected chi connectivity index (χ0v) is 11.1. The van der Waals surface area contributed by atoms with Gasteiger partial charge >= 0.3 is 0 Å². The molecule has 1 rings (SSSR count). The minimum Gasteiger partial charge on any atom is -0.349 e. The van der Waals surface area contributed by atoms with Gasteiger partial charge in [-0.15, -0.1) is 0 Å². The quantitative estimate of drug-likeness (QED) is 0.841. The third-order valence-corrected chi connectivity index (χ3v) is 2.80. The van der Waals surface area contributed by atoms with E-state index < -0.39 is 0 Å². The van der Waals surface area contributed by atoms with Gasteiger partial charge in [0.15, 0.2) is 0 Å². The molecule has 0 bridgehead atoms. The van der Waals surface area contributed by atoms with Crippen LogP contribution in [0.1, 0.15) is 44.0 Å². The fraction of sp³-hybridized carbons (Fsp3) is 0.429. The Bertz CT molecular complexity index is 426. The first-order valence-electron chi connectivity index (χ1n) is 6.25. The summed E-state index contributed by atoms with van der Waals surface area (Å²) in [4.78, 5) is 23.2. The van der Waals surface area contributed by atoms with Crippen molar-refractivity contribution in [3.8, 4) is 0 Å². The minimum atomic E-state index is -0.183. The standard InChI is InChI=1S/C14H20N2O2/c1-4-11(5-2)16-14(18)12-8-6-7-9-13(12)15-10(3)17/h6-9,11H,4-5H2,1-3H3,(H,15,17)(H,16,18). The Morgan fingerprint density at radius 1 is 1.17 bits per heavy atom. The van der Waals surface area contributed by atoms with Gasteiger partial charge in [0, 0.05) is 13.0 Å². The molecule has 0 spiro atoms. The number of amides is 2. The van der Waals surface area contributed by atoms with E-state index in [9.17, 15) is 9.59 Å². The van der Waals surface area contributed by atoms with Gasteiger partial charge in [0.2, 0.25) is 5.91 Å². The second-order valence-corrected chi connectivity index (χ2v) is 4.21. The fourth-order valence-corrected chi connectivity index (χ4v) is 1.74. The number of para-hydroxylation sites is 1. The largest absolute Gasteiger partial charge is 0.349 e. The highest BCUT2D eigenvalue weighted by Crippen LogP contribution is 2.15. The van der Waals surface area contributed by atoms with Crippen molar-refractivity contribution < 1.29 is 9.59 Å². The summed E-state index contributed by atoms with van der Waals surface area (Å²) in [5.74, 6) is -0.328. The molecule has 0 heterocycles. The zero-order chi connectivity index (χ0) is 13.5. The lowest BCUT2D eigenvalue weighted by molar-refractivity contribution is -0.114. The third kappa shape index (κ3) is 3.87. The molecule has 0 saturated heterocycles. The number of carbonyl (C=O) groups is 2. The van der Waals surface area contributed by atoms with E-state index in [2.05, 4.69) is 10.6 Å². The molecule has 0 radical (unpaired) electrons. The molecule has 2 N–H and O–H groups in total. The van der Waals surface area contributed by atoms with Crippen LogP contribution in [0.2, 0.25) is 0 Å². The summed E-state index contributed by atoms with van der Waals surface area (Å²) < 4.78 is 0. The normalized spacial score (nSPS) is 10.2. The number of hydrogen-bond donors (Lipinski definition) is 2. The molecule has 4 heteroatoms. The molecule has 0 aromatic heterocycles. The molecular weight excluding hydrogens is 228 g/mol. The van der Waals surface area contributed by atoms with Gasteiger partial charge < -0.3 is 10.6 Å². The average molecular weight is 248 g/mol. The van der Waals surface area contributed by atoms with Crippen LogP contribution >= 0.6 is 0 Å². The van der Waals surface area contributed by atoms with Crippen LogP contribution in [0.4, 0.5) is 5.69 Å². The van der Waals surface area contributed by atoms with E-state index in [4.69, 9.17) is 0 Å². The first-order chi connectivity index (χ1) is 8.58. The van der Waals surface area contributed by atoms with Crippen LogP contribution in [0, 0.1) is 0 Å². The molecule has 2 amide bonds. The second kappa shape index (κ2) is 6.79. The molecule has 0 aliphatic rings. The predicted octanol–water partition coefficient (Wildman–Crippen LogP) is 2.56. The van der Waals surface area contributed by atoms with E-state index in [0.29, 0.717) is 11.3 Å². The van der Waals surface area contributed by atoms with Crippen molar-refractivity contribution in [3.05, 3.63) is 29.8 Å². The molecule has 1 aromatic carbocycles. The Balaban J connectivity index is 2.87. The average Bonchev–Trinajstić information content (AvgIpc) is 2.35. The number of nitrogens with one attached hydrogen (secondary N) is 2. The highest BCUT2D eigenvalue weighted by atomic mass is 16.2. The van der Waals surface area contributed by atoms with Crippen LogP contribution in [0.3, 0.4) is 0 Å².